The van der Waals surface area contributed by atoms with Crippen molar-refractivity contribution in [2.75, 3.05) is 0 Å². The van der Waals surface area contributed by atoms with Crippen molar-refractivity contribution in [1.29, 1.82) is 0 Å². The van der Waals surface area contributed by atoms with Gasteiger partial charge >= 0.3 is 0 Å². The van der Waals surface area contributed by atoms with Crippen LogP contribution in [0.1, 0.15) is 15.9 Å². The van der Waals surface area contributed by atoms with E-state index in [1.54, 1.807) is 24.3 Å². The molecule has 2 aromatic rings. The van der Waals surface area contributed by atoms with Gasteiger partial charge in [0.2, 0.25) is 0 Å². The third kappa shape index (κ3) is 3.56. The van der Waals surface area contributed by atoms with Crippen LogP contribution in [0.15, 0.2) is 40.9 Å². The minimum Gasteiger partial charge on any atom is -0.294 e. The second-order valence-corrected chi connectivity index (χ2v) is 5.70. The van der Waals surface area contributed by atoms with Gasteiger partial charge in [0, 0.05) is 10.9 Å². The summed E-state index contributed by atoms with van der Waals surface area (Å²) in [6.45, 7) is 0. The van der Waals surface area contributed by atoms with Crippen LogP contribution in [0.25, 0.3) is 0 Å². The smallest absolute Gasteiger partial charge is 0.170 e. The van der Waals surface area contributed by atoms with Gasteiger partial charge in [0.15, 0.2) is 5.78 Å². The Bertz CT molecular complexity index is 603. The molecule has 0 saturated heterocycles. The monoisotopic (exact) mass is 360 g/mol. The predicted molar refractivity (Wildman–Crippen MR) is 78.6 cm³/mol. The molecule has 0 atom stereocenters. The van der Waals surface area contributed by atoms with Crippen molar-refractivity contribution >= 4 is 44.9 Å². The van der Waals surface area contributed by atoms with Crippen LogP contribution >= 0.6 is 39.1 Å². The molecular weight excluding hydrogens is 354 g/mol. The van der Waals surface area contributed by atoms with Crippen molar-refractivity contribution in [3.05, 3.63) is 67.9 Å². The maximum Gasteiger partial charge on any atom is 0.170 e. The van der Waals surface area contributed by atoms with Gasteiger partial charge in [-0.2, -0.15) is 0 Å². The summed E-state index contributed by atoms with van der Waals surface area (Å²) >= 11 is 15.1. The van der Waals surface area contributed by atoms with Crippen molar-refractivity contribution in [3.8, 4) is 0 Å². The first kappa shape index (κ1) is 14.5. The zero-order valence-electron chi connectivity index (χ0n) is 9.59. The van der Waals surface area contributed by atoms with E-state index in [9.17, 15) is 9.18 Å². The second-order valence-electron chi connectivity index (χ2n) is 3.97. The lowest BCUT2D eigenvalue weighted by Gasteiger charge is -2.06. The highest BCUT2D eigenvalue weighted by molar-refractivity contribution is 9.10. The van der Waals surface area contributed by atoms with E-state index in [1.807, 2.05) is 0 Å². The summed E-state index contributed by atoms with van der Waals surface area (Å²) < 4.78 is 13.8. The van der Waals surface area contributed by atoms with Crippen LogP contribution in [0.3, 0.4) is 0 Å². The Hall–Kier alpha value is -0.900. The van der Waals surface area contributed by atoms with Gasteiger partial charge in [-0.25, -0.2) is 4.39 Å². The van der Waals surface area contributed by atoms with Crippen molar-refractivity contribution in [2.24, 2.45) is 0 Å². The van der Waals surface area contributed by atoms with Crippen molar-refractivity contribution < 1.29 is 9.18 Å². The molecule has 0 aliphatic rings. The maximum absolute atomic E-state index is 13.2. The summed E-state index contributed by atoms with van der Waals surface area (Å²) in [4.78, 5) is 12.2. The topological polar surface area (TPSA) is 17.1 Å². The summed E-state index contributed by atoms with van der Waals surface area (Å²) in [5, 5.41) is 0.598. The molecule has 0 aliphatic carbocycles. The number of hydrogen-bond donors (Lipinski definition) is 0. The number of rotatable bonds is 3. The second kappa shape index (κ2) is 6.04. The molecule has 98 valence electrons. The summed E-state index contributed by atoms with van der Waals surface area (Å²) in [5.41, 5.74) is 0.832. The minimum atomic E-state index is -0.401. The van der Waals surface area contributed by atoms with Crippen molar-refractivity contribution in [3.63, 3.8) is 0 Å². The Morgan fingerprint density at radius 3 is 2.37 bits per heavy atom. The number of hydrogen-bond acceptors (Lipinski definition) is 1. The highest BCUT2D eigenvalue weighted by atomic mass is 79.9. The number of halogens is 4. The molecule has 0 N–H and O–H groups in total. The fourth-order valence-electron chi connectivity index (χ4n) is 1.75. The third-order valence-corrected chi connectivity index (χ3v) is 3.62. The highest BCUT2D eigenvalue weighted by Crippen LogP contribution is 2.26. The van der Waals surface area contributed by atoms with E-state index in [2.05, 4.69) is 15.9 Å². The third-order valence-electron chi connectivity index (χ3n) is 2.53. The Labute approximate surface area is 128 Å². The molecule has 1 nitrogen and oxygen atoms in total. The zero-order chi connectivity index (χ0) is 14.0. The Balaban J connectivity index is 2.31. The molecule has 0 fully saturated rings. The zero-order valence-corrected chi connectivity index (χ0v) is 12.7. The molecular formula is C14H8BrCl2FO. The molecule has 2 rings (SSSR count). The molecule has 0 aliphatic heterocycles. The number of ketones is 1. The SMILES string of the molecule is O=C(Cc1cc(F)cc(Br)c1)c1c(Cl)cccc1Cl. The number of benzene rings is 2. The van der Waals surface area contributed by atoms with Gasteiger partial charge in [0.1, 0.15) is 5.82 Å². The molecule has 0 radical (unpaired) electrons. The predicted octanol–water partition coefficient (Wildman–Crippen LogP) is 5.32. The number of carbonyl (C=O) groups is 1. The lowest BCUT2D eigenvalue weighted by atomic mass is 10.0. The Morgan fingerprint density at radius 2 is 1.79 bits per heavy atom. The summed E-state index contributed by atoms with van der Waals surface area (Å²) in [6.07, 6.45) is 0.0415. The average Bonchev–Trinajstić information content (AvgIpc) is 2.26. The molecule has 0 heterocycles. The van der Waals surface area contributed by atoms with E-state index in [0.717, 1.165) is 0 Å². The first-order valence-corrected chi connectivity index (χ1v) is 6.94. The van der Waals surface area contributed by atoms with Gasteiger partial charge in [-0.1, -0.05) is 45.2 Å². The van der Waals surface area contributed by atoms with Gasteiger partial charge in [0.05, 0.1) is 15.6 Å². The largest absolute Gasteiger partial charge is 0.294 e. The molecule has 19 heavy (non-hydrogen) atoms. The van der Waals surface area contributed by atoms with Crippen LogP contribution in [0, 0.1) is 5.82 Å². The van der Waals surface area contributed by atoms with E-state index in [4.69, 9.17) is 23.2 Å². The van der Waals surface area contributed by atoms with Crippen molar-refractivity contribution in [2.45, 2.75) is 6.42 Å². The van der Waals surface area contributed by atoms with Crippen LogP contribution in [0.4, 0.5) is 4.39 Å². The van der Waals surface area contributed by atoms with Crippen molar-refractivity contribution in [1.82, 2.24) is 0 Å². The van der Waals surface area contributed by atoms with Gasteiger partial charge in [-0.15, -0.1) is 0 Å². The highest BCUT2D eigenvalue weighted by Gasteiger charge is 2.15. The lowest BCUT2D eigenvalue weighted by molar-refractivity contribution is 0.0993. The number of Topliss-reactive ketones (excluding diaryl/α,β-unsaturated/α-hetero) is 1. The molecule has 0 spiro atoms. The quantitative estimate of drug-likeness (QED) is 0.676. The van der Waals surface area contributed by atoms with Crippen LogP contribution in [0.2, 0.25) is 10.0 Å². The van der Waals surface area contributed by atoms with E-state index >= 15 is 0 Å². The van der Waals surface area contributed by atoms with Crippen LogP contribution in [0.5, 0.6) is 0 Å². The summed E-state index contributed by atoms with van der Waals surface area (Å²) in [6, 6.07) is 9.19. The Morgan fingerprint density at radius 1 is 1.16 bits per heavy atom. The van der Waals surface area contributed by atoms with E-state index in [-0.39, 0.29) is 17.8 Å². The molecule has 0 saturated carbocycles. The van der Waals surface area contributed by atoms with E-state index < -0.39 is 5.82 Å². The molecule has 2 aromatic carbocycles. The molecule has 0 amide bonds. The molecule has 0 aromatic heterocycles. The normalized spacial score (nSPS) is 10.5. The van der Waals surface area contributed by atoms with Gasteiger partial charge in [-0.3, -0.25) is 4.79 Å². The maximum atomic E-state index is 13.2. The first-order valence-electron chi connectivity index (χ1n) is 5.39. The van der Waals surface area contributed by atoms with E-state index in [1.165, 1.54) is 12.1 Å². The van der Waals surface area contributed by atoms with Gasteiger partial charge in [0.25, 0.3) is 0 Å². The van der Waals surface area contributed by atoms with Crippen LogP contribution in [-0.2, 0) is 6.42 Å². The van der Waals surface area contributed by atoms with Crippen LogP contribution in [-0.4, -0.2) is 5.78 Å². The van der Waals surface area contributed by atoms with E-state index in [0.29, 0.717) is 20.1 Å². The molecule has 0 unspecified atom stereocenters. The molecule has 5 heteroatoms. The minimum absolute atomic E-state index is 0.0415. The average molecular weight is 362 g/mol. The standard InChI is InChI=1S/C14H8BrCl2FO/c15-9-4-8(5-10(18)7-9)6-13(19)14-11(16)2-1-3-12(14)17/h1-5,7H,6H2. The Kier molecular flexibility index (Phi) is 4.61. The summed E-state index contributed by atoms with van der Waals surface area (Å²) in [5.74, 6) is -0.643. The molecule has 0 bridgehead atoms. The fourth-order valence-corrected chi connectivity index (χ4v) is 2.87. The lowest BCUT2D eigenvalue weighted by Crippen LogP contribution is -2.05. The van der Waals surface area contributed by atoms with Crippen LogP contribution < -0.4 is 0 Å². The summed E-state index contributed by atoms with van der Waals surface area (Å²) in [7, 11) is 0. The number of carbonyl (C=O) groups excluding carboxylic acids is 1. The van der Waals surface area contributed by atoms with Gasteiger partial charge in [-0.05, 0) is 35.9 Å². The first-order chi connectivity index (χ1) is 8.97. The van der Waals surface area contributed by atoms with Gasteiger partial charge < -0.3 is 0 Å². The fraction of sp³-hybridized carbons (Fsp3) is 0.0714.